The number of urea groups is 1. The highest BCUT2D eigenvalue weighted by Gasteiger charge is 2.45. The number of hydrogen-bond donors (Lipinski definition) is 1. The van der Waals surface area contributed by atoms with Crippen LogP contribution in [-0.2, 0) is 14.3 Å². The Bertz CT molecular complexity index is 396. The van der Waals surface area contributed by atoms with E-state index in [0.717, 1.165) is 6.42 Å². The van der Waals surface area contributed by atoms with Crippen molar-refractivity contribution in [3.8, 4) is 0 Å². The SMILES string of the molecule is CCC1SCC(C(=O)O)N1C(=O)N1CC(OC)C(OC)C1. The normalized spacial score (nSPS) is 32.7. The average molecular weight is 318 g/mol. The van der Waals surface area contributed by atoms with Gasteiger partial charge in [0.05, 0.1) is 18.5 Å². The Morgan fingerprint density at radius 3 is 2.24 bits per heavy atom. The lowest BCUT2D eigenvalue weighted by Crippen LogP contribution is -2.51. The molecule has 21 heavy (non-hydrogen) atoms. The number of carbonyl (C=O) groups excluding carboxylic acids is 1. The first kappa shape index (κ1) is 16.4. The van der Waals surface area contributed by atoms with Crippen LogP contribution in [0.25, 0.3) is 0 Å². The molecule has 0 saturated carbocycles. The Morgan fingerprint density at radius 2 is 1.81 bits per heavy atom. The number of carbonyl (C=O) groups is 2. The molecule has 2 aliphatic rings. The van der Waals surface area contributed by atoms with Crippen molar-refractivity contribution >= 4 is 23.8 Å². The highest BCUT2D eigenvalue weighted by Crippen LogP contribution is 2.33. The van der Waals surface area contributed by atoms with Crippen LogP contribution < -0.4 is 0 Å². The van der Waals surface area contributed by atoms with Gasteiger partial charge in [0.15, 0.2) is 0 Å². The number of carboxylic acid groups (broad SMARTS) is 1. The van der Waals surface area contributed by atoms with Crippen LogP contribution in [0.2, 0.25) is 0 Å². The molecule has 2 aliphatic heterocycles. The smallest absolute Gasteiger partial charge is 0.327 e. The number of thioether (sulfide) groups is 1. The maximum atomic E-state index is 12.7. The molecule has 0 aromatic rings. The highest BCUT2D eigenvalue weighted by atomic mass is 32.2. The van der Waals surface area contributed by atoms with Crippen LogP contribution in [0, 0.1) is 0 Å². The van der Waals surface area contributed by atoms with Crippen molar-refractivity contribution in [1.29, 1.82) is 0 Å². The van der Waals surface area contributed by atoms with Crippen molar-refractivity contribution < 1.29 is 24.2 Å². The van der Waals surface area contributed by atoms with Crippen LogP contribution in [-0.4, -0.2) is 83.6 Å². The summed E-state index contributed by atoms with van der Waals surface area (Å²) < 4.78 is 10.7. The summed E-state index contributed by atoms with van der Waals surface area (Å²) in [5.41, 5.74) is 0. The Hall–Kier alpha value is -0.990. The number of hydrogen-bond acceptors (Lipinski definition) is 5. The fourth-order valence-corrected chi connectivity index (χ4v) is 4.18. The minimum absolute atomic E-state index is 0.0822. The summed E-state index contributed by atoms with van der Waals surface area (Å²) in [5, 5.41) is 9.23. The fourth-order valence-electron chi connectivity index (χ4n) is 2.84. The molecule has 120 valence electrons. The maximum absolute atomic E-state index is 12.7. The van der Waals surface area contributed by atoms with E-state index in [1.807, 2.05) is 6.92 Å². The van der Waals surface area contributed by atoms with Crippen molar-refractivity contribution in [3.63, 3.8) is 0 Å². The fraction of sp³-hybridized carbons (Fsp3) is 0.846. The van der Waals surface area contributed by atoms with Crippen LogP contribution in [0.5, 0.6) is 0 Å². The van der Waals surface area contributed by atoms with E-state index in [9.17, 15) is 14.7 Å². The molecular formula is C13H22N2O5S. The number of likely N-dealkylation sites (tertiary alicyclic amines) is 1. The number of amides is 2. The van der Waals surface area contributed by atoms with Gasteiger partial charge in [-0.3, -0.25) is 4.90 Å². The van der Waals surface area contributed by atoms with Gasteiger partial charge in [-0.2, -0.15) is 0 Å². The average Bonchev–Trinajstić information content (AvgIpc) is 3.09. The van der Waals surface area contributed by atoms with Crippen molar-refractivity contribution in [1.82, 2.24) is 9.80 Å². The third kappa shape index (κ3) is 3.12. The monoisotopic (exact) mass is 318 g/mol. The van der Waals surface area contributed by atoms with E-state index in [4.69, 9.17) is 9.47 Å². The molecule has 2 rings (SSSR count). The Kier molecular flexibility index (Phi) is 5.34. The third-order valence-corrected chi connectivity index (χ3v) is 5.49. The molecule has 2 fully saturated rings. The lowest BCUT2D eigenvalue weighted by Gasteiger charge is -2.31. The lowest BCUT2D eigenvalue weighted by atomic mass is 10.2. The zero-order valence-corrected chi connectivity index (χ0v) is 13.3. The van der Waals surface area contributed by atoms with Gasteiger partial charge in [-0.15, -0.1) is 11.8 Å². The number of methoxy groups -OCH3 is 2. The number of rotatable bonds is 4. The van der Waals surface area contributed by atoms with Gasteiger partial charge in [0, 0.05) is 20.0 Å². The topological polar surface area (TPSA) is 79.3 Å². The zero-order valence-electron chi connectivity index (χ0n) is 12.5. The van der Waals surface area contributed by atoms with E-state index >= 15 is 0 Å². The van der Waals surface area contributed by atoms with Crippen molar-refractivity contribution in [2.75, 3.05) is 33.1 Å². The highest BCUT2D eigenvalue weighted by molar-refractivity contribution is 8.00. The first-order valence-corrected chi connectivity index (χ1v) is 8.05. The molecule has 8 heteroatoms. The number of aliphatic carboxylic acids is 1. The Balaban J connectivity index is 2.12. The molecule has 4 atom stereocenters. The molecule has 0 aromatic carbocycles. The summed E-state index contributed by atoms with van der Waals surface area (Å²) in [6.45, 7) is 2.82. The lowest BCUT2D eigenvalue weighted by molar-refractivity contribution is -0.141. The molecule has 4 unspecified atom stereocenters. The summed E-state index contributed by atoms with van der Waals surface area (Å²) in [5.74, 6) is -0.507. The van der Waals surface area contributed by atoms with E-state index in [2.05, 4.69) is 0 Å². The van der Waals surface area contributed by atoms with Crippen LogP contribution in [0.1, 0.15) is 13.3 Å². The Morgan fingerprint density at radius 1 is 1.24 bits per heavy atom. The van der Waals surface area contributed by atoms with E-state index in [1.165, 1.54) is 16.7 Å². The standard InChI is InChI=1S/C13H22N2O5S/c1-4-11-15(8(7-21-11)12(16)17)13(18)14-5-9(19-2)10(6-14)20-3/h8-11H,4-7H2,1-3H3,(H,16,17). The predicted molar refractivity (Wildman–Crippen MR) is 78.4 cm³/mol. The van der Waals surface area contributed by atoms with Gasteiger partial charge in [0.1, 0.15) is 18.2 Å². The van der Waals surface area contributed by atoms with E-state index < -0.39 is 12.0 Å². The van der Waals surface area contributed by atoms with Crippen molar-refractivity contribution in [2.24, 2.45) is 0 Å². The van der Waals surface area contributed by atoms with E-state index in [1.54, 1.807) is 19.1 Å². The largest absolute Gasteiger partial charge is 0.480 e. The van der Waals surface area contributed by atoms with Gasteiger partial charge >= 0.3 is 12.0 Å². The molecule has 0 aromatic heterocycles. The van der Waals surface area contributed by atoms with Gasteiger partial charge in [0.25, 0.3) is 0 Å². The molecule has 2 heterocycles. The maximum Gasteiger partial charge on any atom is 0.327 e. The minimum atomic E-state index is -0.947. The molecular weight excluding hydrogens is 296 g/mol. The molecule has 2 amide bonds. The van der Waals surface area contributed by atoms with Gasteiger partial charge < -0.3 is 19.5 Å². The number of ether oxygens (including phenoxy) is 2. The van der Waals surface area contributed by atoms with Crippen LogP contribution >= 0.6 is 11.8 Å². The summed E-state index contributed by atoms with van der Waals surface area (Å²) in [6.07, 6.45) is 0.394. The summed E-state index contributed by atoms with van der Waals surface area (Å²) >= 11 is 1.52. The van der Waals surface area contributed by atoms with E-state index in [-0.39, 0.29) is 23.6 Å². The third-order valence-electron chi connectivity index (χ3n) is 4.04. The molecule has 7 nitrogen and oxygen atoms in total. The van der Waals surface area contributed by atoms with Gasteiger partial charge in [0.2, 0.25) is 0 Å². The van der Waals surface area contributed by atoms with Gasteiger partial charge in [-0.05, 0) is 6.42 Å². The molecule has 0 spiro atoms. The second-order valence-electron chi connectivity index (χ2n) is 5.19. The minimum Gasteiger partial charge on any atom is -0.480 e. The Labute approximate surface area is 128 Å². The summed E-state index contributed by atoms with van der Waals surface area (Å²) in [6, 6.07) is -0.990. The first-order valence-electron chi connectivity index (χ1n) is 7.00. The van der Waals surface area contributed by atoms with Gasteiger partial charge in [-0.1, -0.05) is 6.92 Å². The molecule has 0 bridgehead atoms. The number of nitrogens with zero attached hydrogens (tertiary/aromatic N) is 2. The van der Waals surface area contributed by atoms with Crippen LogP contribution in [0.4, 0.5) is 4.79 Å². The quantitative estimate of drug-likeness (QED) is 0.821. The van der Waals surface area contributed by atoms with Crippen molar-refractivity contribution in [3.05, 3.63) is 0 Å². The second kappa shape index (κ2) is 6.85. The molecule has 0 aliphatic carbocycles. The molecule has 1 N–H and O–H groups in total. The number of carboxylic acids is 1. The van der Waals surface area contributed by atoms with E-state index in [0.29, 0.717) is 18.8 Å². The van der Waals surface area contributed by atoms with Crippen LogP contribution in [0.3, 0.4) is 0 Å². The molecule has 2 saturated heterocycles. The predicted octanol–water partition coefficient (Wildman–Crippen LogP) is 0.690. The summed E-state index contributed by atoms with van der Waals surface area (Å²) in [7, 11) is 3.18. The first-order chi connectivity index (χ1) is 10.0. The van der Waals surface area contributed by atoms with Crippen molar-refractivity contribution in [2.45, 2.75) is 37.0 Å². The molecule has 0 radical (unpaired) electrons. The summed E-state index contributed by atoms with van der Waals surface area (Å²) in [4.78, 5) is 27.2. The second-order valence-corrected chi connectivity index (χ2v) is 6.40. The van der Waals surface area contributed by atoms with Gasteiger partial charge in [-0.25, -0.2) is 9.59 Å². The zero-order chi connectivity index (χ0) is 15.6. The van der Waals surface area contributed by atoms with Crippen LogP contribution in [0.15, 0.2) is 0 Å².